The molecule has 0 N–H and O–H groups in total. The lowest BCUT2D eigenvalue weighted by atomic mass is 9.95. The van der Waals surface area contributed by atoms with Crippen LogP contribution in [-0.4, -0.2) is 71.6 Å². The van der Waals surface area contributed by atoms with E-state index in [1.54, 1.807) is 0 Å². The molecule has 3 nitrogen and oxygen atoms in total. The minimum absolute atomic E-state index is 0.798. The molecule has 1 aliphatic carbocycles. The third-order valence-electron chi connectivity index (χ3n) is 6.26. The van der Waals surface area contributed by atoms with Gasteiger partial charge < -0.3 is 0 Å². The Morgan fingerprint density at radius 2 is 1.55 bits per heavy atom. The minimum Gasteiger partial charge on any atom is -0.299 e. The normalized spacial score (nSPS) is 40.6. The maximum Gasteiger partial charge on any atom is 0.0250 e. The molecule has 4 rings (SSSR count). The molecule has 3 unspecified atom stereocenters. The van der Waals surface area contributed by atoms with Gasteiger partial charge in [-0.05, 0) is 44.6 Å². The van der Waals surface area contributed by atoms with Gasteiger partial charge in [0.05, 0.1) is 0 Å². The van der Waals surface area contributed by atoms with Crippen molar-refractivity contribution in [1.29, 1.82) is 0 Å². The number of likely N-dealkylation sites (tertiary alicyclic amines) is 1. The lowest BCUT2D eigenvalue weighted by Gasteiger charge is -2.48. The van der Waals surface area contributed by atoms with E-state index in [4.69, 9.17) is 0 Å². The molecule has 114 valence electrons. The molecule has 3 aliphatic heterocycles. The fraction of sp³-hybridized carbons (Fsp3) is 1.00. The molecule has 20 heavy (non-hydrogen) atoms. The smallest absolute Gasteiger partial charge is 0.0250 e. The first-order valence-electron chi connectivity index (χ1n) is 8.96. The van der Waals surface area contributed by atoms with Crippen LogP contribution in [0.1, 0.15) is 46.0 Å². The molecule has 0 aromatic heterocycles. The molecule has 3 heteroatoms. The zero-order valence-electron chi connectivity index (χ0n) is 13.3. The van der Waals surface area contributed by atoms with Crippen LogP contribution in [0, 0.1) is 5.92 Å². The number of rotatable bonds is 3. The summed E-state index contributed by atoms with van der Waals surface area (Å²) in [4.78, 5) is 8.50. The molecule has 3 saturated heterocycles. The first kappa shape index (κ1) is 13.5. The van der Waals surface area contributed by atoms with Gasteiger partial charge in [0.25, 0.3) is 0 Å². The standard InChI is InChI=1S/C17H31N3/c1-13(2)17-12-18-8-3-4-15(18)11-20(17)16-7-9-19(10-16)14-5-6-14/h13-17H,3-12H2,1-2H3. The van der Waals surface area contributed by atoms with Crippen molar-refractivity contribution in [2.24, 2.45) is 5.92 Å². The van der Waals surface area contributed by atoms with Gasteiger partial charge in [0.1, 0.15) is 0 Å². The van der Waals surface area contributed by atoms with Gasteiger partial charge in [-0.25, -0.2) is 0 Å². The van der Waals surface area contributed by atoms with Crippen LogP contribution in [-0.2, 0) is 0 Å². The van der Waals surface area contributed by atoms with Crippen LogP contribution in [0.2, 0.25) is 0 Å². The summed E-state index contributed by atoms with van der Waals surface area (Å²) in [5, 5.41) is 0. The van der Waals surface area contributed by atoms with Gasteiger partial charge in [-0.1, -0.05) is 13.8 Å². The first-order valence-corrected chi connectivity index (χ1v) is 8.96. The van der Waals surface area contributed by atoms with Crippen LogP contribution < -0.4 is 0 Å². The number of hydrogen-bond acceptors (Lipinski definition) is 3. The van der Waals surface area contributed by atoms with Gasteiger partial charge in [-0.15, -0.1) is 0 Å². The largest absolute Gasteiger partial charge is 0.299 e. The van der Waals surface area contributed by atoms with E-state index < -0.39 is 0 Å². The van der Waals surface area contributed by atoms with Crippen molar-refractivity contribution in [3.8, 4) is 0 Å². The number of hydrogen-bond donors (Lipinski definition) is 0. The van der Waals surface area contributed by atoms with E-state index in [1.165, 1.54) is 64.8 Å². The molecule has 3 heterocycles. The maximum absolute atomic E-state index is 2.93. The van der Waals surface area contributed by atoms with Crippen LogP contribution in [0.3, 0.4) is 0 Å². The lowest BCUT2D eigenvalue weighted by Crippen LogP contribution is -2.61. The lowest BCUT2D eigenvalue weighted by molar-refractivity contribution is 0.00238. The summed E-state index contributed by atoms with van der Waals surface area (Å²) >= 11 is 0. The Morgan fingerprint density at radius 1 is 0.750 bits per heavy atom. The molecule has 0 amide bonds. The van der Waals surface area contributed by atoms with Gasteiger partial charge in [0, 0.05) is 50.3 Å². The van der Waals surface area contributed by atoms with Crippen LogP contribution in [0.4, 0.5) is 0 Å². The first-order chi connectivity index (χ1) is 9.72. The van der Waals surface area contributed by atoms with Crippen LogP contribution in [0.25, 0.3) is 0 Å². The van der Waals surface area contributed by atoms with E-state index in [9.17, 15) is 0 Å². The second kappa shape index (κ2) is 5.26. The fourth-order valence-corrected chi connectivity index (χ4v) is 4.89. The van der Waals surface area contributed by atoms with Gasteiger partial charge in [0.2, 0.25) is 0 Å². The second-order valence-corrected chi connectivity index (χ2v) is 7.97. The summed E-state index contributed by atoms with van der Waals surface area (Å²) in [5.74, 6) is 0.798. The molecule has 0 radical (unpaired) electrons. The molecule has 0 aromatic rings. The molecule has 0 spiro atoms. The SMILES string of the molecule is CC(C)C1CN2CCCC2CN1C1CCN(C2CC2)C1. The van der Waals surface area contributed by atoms with E-state index in [0.29, 0.717) is 0 Å². The van der Waals surface area contributed by atoms with Crippen molar-refractivity contribution in [3.05, 3.63) is 0 Å². The van der Waals surface area contributed by atoms with Gasteiger partial charge in [-0.3, -0.25) is 14.7 Å². The topological polar surface area (TPSA) is 9.72 Å². The summed E-state index contributed by atoms with van der Waals surface area (Å²) in [6, 6.07) is 3.49. The number of nitrogens with zero attached hydrogens (tertiary/aromatic N) is 3. The highest BCUT2D eigenvalue weighted by Gasteiger charge is 2.43. The Hall–Kier alpha value is -0.120. The summed E-state index contributed by atoms with van der Waals surface area (Å²) in [6.07, 6.45) is 7.24. The predicted octanol–water partition coefficient (Wildman–Crippen LogP) is 2.03. The highest BCUT2D eigenvalue weighted by molar-refractivity contribution is 4.99. The molecule has 4 fully saturated rings. The van der Waals surface area contributed by atoms with Gasteiger partial charge in [-0.2, -0.15) is 0 Å². The fourth-order valence-electron chi connectivity index (χ4n) is 4.89. The third-order valence-corrected chi connectivity index (χ3v) is 6.26. The number of piperazine rings is 1. The maximum atomic E-state index is 2.93. The average molecular weight is 277 g/mol. The molecule has 0 bridgehead atoms. The second-order valence-electron chi connectivity index (χ2n) is 7.97. The van der Waals surface area contributed by atoms with Crippen LogP contribution in [0.5, 0.6) is 0 Å². The highest BCUT2D eigenvalue weighted by atomic mass is 15.4. The Morgan fingerprint density at radius 3 is 2.30 bits per heavy atom. The van der Waals surface area contributed by atoms with Gasteiger partial charge in [0.15, 0.2) is 0 Å². The predicted molar refractivity (Wildman–Crippen MR) is 82.9 cm³/mol. The van der Waals surface area contributed by atoms with Crippen molar-refractivity contribution >= 4 is 0 Å². The Labute approximate surface area is 124 Å². The van der Waals surface area contributed by atoms with E-state index in [1.807, 2.05) is 0 Å². The third kappa shape index (κ3) is 2.42. The van der Waals surface area contributed by atoms with Crippen LogP contribution in [0.15, 0.2) is 0 Å². The minimum atomic E-state index is 0.798. The summed E-state index contributed by atoms with van der Waals surface area (Å²) in [7, 11) is 0. The Kier molecular flexibility index (Phi) is 3.56. The quantitative estimate of drug-likeness (QED) is 0.781. The van der Waals surface area contributed by atoms with E-state index in [-0.39, 0.29) is 0 Å². The summed E-state index contributed by atoms with van der Waals surface area (Å²) in [6.45, 7) is 11.6. The van der Waals surface area contributed by atoms with E-state index in [2.05, 4.69) is 28.5 Å². The molecular formula is C17H31N3. The Balaban J connectivity index is 1.46. The molecule has 0 aromatic carbocycles. The van der Waals surface area contributed by atoms with Crippen molar-refractivity contribution in [1.82, 2.24) is 14.7 Å². The van der Waals surface area contributed by atoms with Crippen molar-refractivity contribution in [2.75, 3.05) is 32.7 Å². The molecule has 3 atom stereocenters. The highest BCUT2D eigenvalue weighted by Crippen LogP contribution is 2.35. The number of fused-ring (bicyclic) bond motifs is 1. The summed E-state index contributed by atoms with van der Waals surface area (Å²) < 4.78 is 0. The molecule has 4 aliphatic rings. The molecular weight excluding hydrogens is 246 g/mol. The van der Waals surface area contributed by atoms with Crippen LogP contribution >= 0.6 is 0 Å². The zero-order valence-corrected chi connectivity index (χ0v) is 13.3. The van der Waals surface area contributed by atoms with Crippen molar-refractivity contribution in [3.63, 3.8) is 0 Å². The zero-order chi connectivity index (χ0) is 13.7. The van der Waals surface area contributed by atoms with Crippen molar-refractivity contribution in [2.45, 2.75) is 70.1 Å². The average Bonchev–Trinajstić information content (AvgIpc) is 3.01. The Bertz CT molecular complexity index is 352. The molecule has 1 saturated carbocycles. The van der Waals surface area contributed by atoms with Gasteiger partial charge >= 0.3 is 0 Å². The summed E-state index contributed by atoms with van der Waals surface area (Å²) in [5.41, 5.74) is 0. The van der Waals surface area contributed by atoms with Crippen molar-refractivity contribution < 1.29 is 0 Å². The monoisotopic (exact) mass is 277 g/mol. The van der Waals surface area contributed by atoms with E-state index >= 15 is 0 Å². The van der Waals surface area contributed by atoms with E-state index in [0.717, 1.165) is 30.1 Å².